The highest BCUT2D eigenvalue weighted by Gasteiger charge is 2.55. The average Bonchev–Trinajstić information content (AvgIpc) is 3.32. The predicted octanol–water partition coefficient (Wildman–Crippen LogP) is 4.62. The zero-order valence-electron chi connectivity index (χ0n) is 14.0. The van der Waals surface area contributed by atoms with Crippen LogP contribution in [0.15, 0.2) is 41.3 Å². The molecule has 4 rings (SSSR count). The fraction of sp³-hybridized carbons (Fsp3) is 0.316. The standard InChI is InChI=1S/C19H18FNO3S/c1-19-9-14(19)13-7-8-15(16(18(22)23-2)17(13)24-10-19)21-25-12-5-3-11(20)4-6-12/h3-8,14,21H,9-10H2,1-2H3/t14?,19-/m0/s1. The molecule has 25 heavy (non-hydrogen) atoms. The van der Waals surface area contributed by atoms with Gasteiger partial charge in [0.25, 0.3) is 0 Å². The van der Waals surface area contributed by atoms with Crippen LogP contribution < -0.4 is 9.46 Å². The number of rotatable bonds is 4. The van der Waals surface area contributed by atoms with E-state index in [2.05, 4.69) is 11.6 Å². The molecule has 2 aromatic rings. The smallest absolute Gasteiger partial charge is 0.343 e. The van der Waals surface area contributed by atoms with Gasteiger partial charge in [-0.2, -0.15) is 0 Å². The van der Waals surface area contributed by atoms with E-state index in [0.29, 0.717) is 29.5 Å². The summed E-state index contributed by atoms with van der Waals surface area (Å²) in [6.45, 7) is 2.82. The van der Waals surface area contributed by atoms with Gasteiger partial charge in [0, 0.05) is 10.3 Å². The molecule has 1 fully saturated rings. The SMILES string of the molecule is COC(=O)c1c(NSc2ccc(F)cc2)ccc2c1OC[C@]1(C)CC21. The maximum atomic E-state index is 13.0. The number of nitrogens with one attached hydrogen (secondary N) is 1. The molecule has 2 aliphatic rings. The van der Waals surface area contributed by atoms with Gasteiger partial charge >= 0.3 is 5.97 Å². The molecule has 1 aliphatic heterocycles. The summed E-state index contributed by atoms with van der Waals surface area (Å²) in [5.41, 5.74) is 2.32. The number of hydrogen-bond donors (Lipinski definition) is 1. The zero-order chi connectivity index (χ0) is 17.6. The van der Waals surface area contributed by atoms with E-state index in [4.69, 9.17) is 9.47 Å². The minimum Gasteiger partial charge on any atom is -0.492 e. The van der Waals surface area contributed by atoms with Crippen molar-refractivity contribution >= 4 is 23.6 Å². The maximum Gasteiger partial charge on any atom is 0.343 e. The molecule has 1 saturated carbocycles. The molecule has 2 atom stereocenters. The maximum absolute atomic E-state index is 13.0. The molecular formula is C19H18FNO3S. The van der Waals surface area contributed by atoms with E-state index in [-0.39, 0.29) is 11.2 Å². The van der Waals surface area contributed by atoms with Crippen LogP contribution in [0, 0.1) is 11.2 Å². The number of esters is 1. The van der Waals surface area contributed by atoms with Gasteiger partial charge in [-0.25, -0.2) is 9.18 Å². The van der Waals surface area contributed by atoms with Crippen molar-refractivity contribution in [1.29, 1.82) is 0 Å². The summed E-state index contributed by atoms with van der Waals surface area (Å²) in [7, 11) is 1.36. The van der Waals surface area contributed by atoms with E-state index < -0.39 is 5.97 Å². The van der Waals surface area contributed by atoms with Gasteiger partial charge < -0.3 is 14.2 Å². The fourth-order valence-corrected chi connectivity index (χ4v) is 3.99. The van der Waals surface area contributed by atoms with Crippen molar-refractivity contribution in [2.24, 2.45) is 5.41 Å². The molecular weight excluding hydrogens is 341 g/mol. The first-order valence-corrected chi connectivity index (χ1v) is 8.90. The summed E-state index contributed by atoms with van der Waals surface area (Å²) in [5.74, 6) is 0.354. The van der Waals surface area contributed by atoms with Crippen molar-refractivity contribution in [3.63, 3.8) is 0 Å². The molecule has 1 unspecified atom stereocenters. The Bertz CT molecular complexity index is 839. The minimum atomic E-state index is -0.427. The summed E-state index contributed by atoms with van der Waals surface area (Å²) in [4.78, 5) is 13.2. The van der Waals surface area contributed by atoms with Crippen molar-refractivity contribution in [3.8, 4) is 5.75 Å². The second kappa shape index (κ2) is 5.95. The molecule has 1 aliphatic carbocycles. The number of halogens is 1. The summed E-state index contributed by atoms with van der Waals surface area (Å²) in [6, 6.07) is 10.1. The van der Waals surface area contributed by atoms with Crippen LogP contribution >= 0.6 is 11.9 Å². The molecule has 1 N–H and O–H groups in total. The molecule has 1 heterocycles. The van der Waals surface area contributed by atoms with Gasteiger partial charge in [0.2, 0.25) is 0 Å². The summed E-state index contributed by atoms with van der Waals surface area (Å²) >= 11 is 1.31. The summed E-state index contributed by atoms with van der Waals surface area (Å²) < 4.78 is 27.1. The van der Waals surface area contributed by atoms with Crippen molar-refractivity contribution in [1.82, 2.24) is 0 Å². The van der Waals surface area contributed by atoms with Gasteiger partial charge in [0.1, 0.15) is 17.1 Å². The third-order valence-electron chi connectivity index (χ3n) is 4.94. The number of carbonyl (C=O) groups is 1. The van der Waals surface area contributed by atoms with Crippen LogP contribution in [0.25, 0.3) is 0 Å². The van der Waals surface area contributed by atoms with Gasteiger partial charge in [-0.3, -0.25) is 0 Å². The number of benzene rings is 2. The quantitative estimate of drug-likeness (QED) is 0.638. The Labute approximate surface area is 149 Å². The van der Waals surface area contributed by atoms with Gasteiger partial charge in [-0.1, -0.05) is 13.0 Å². The zero-order valence-corrected chi connectivity index (χ0v) is 14.8. The highest BCUT2D eigenvalue weighted by Crippen LogP contribution is 2.64. The monoisotopic (exact) mass is 359 g/mol. The molecule has 6 heteroatoms. The number of hydrogen-bond acceptors (Lipinski definition) is 5. The molecule has 4 nitrogen and oxygen atoms in total. The van der Waals surface area contributed by atoms with E-state index in [9.17, 15) is 9.18 Å². The second-order valence-corrected chi connectivity index (χ2v) is 7.64. The largest absolute Gasteiger partial charge is 0.492 e. The van der Waals surface area contributed by atoms with Crippen LogP contribution in [0.4, 0.5) is 10.1 Å². The van der Waals surface area contributed by atoms with Crippen LogP contribution in [-0.4, -0.2) is 19.7 Å². The van der Waals surface area contributed by atoms with E-state index in [0.717, 1.165) is 16.9 Å². The number of ether oxygens (including phenoxy) is 2. The van der Waals surface area contributed by atoms with Gasteiger partial charge in [-0.15, -0.1) is 0 Å². The lowest BCUT2D eigenvalue weighted by atomic mass is 9.95. The Morgan fingerprint density at radius 3 is 2.80 bits per heavy atom. The Kier molecular flexibility index (Phi) is 3.87. The van der Waals surface area contributed by atoms with E-state index in [1.165, 1.54) is 31.2 Å². The molecule has 0 saturated heterocycles. The van der Waals surface area contributed by atoms with Crippen molar-refractivity contribution in [2.45, 2.75) is 24.2 Å². The minimum absolute atomic E-state index is 0.193. The Hall–Kier alpha value is -2.21. The van der Waals surface area contributed by atoms with Gasteiger partial charge in [0.05, 0.1) is 19.4 Å². The highest BCUT2D eigenvalue weighted by atomic mass is 32.2. The van der Waals surface area contributed by atoms with Crippen LogP contribution in [0.3, 0.4) is 0 Å². The summed E-state index contributed by atoms with van der Waals surface area (Å²) in [6.07, 6.45) is 1.08. The van der Waals surface area contributed by atoms with E-state index in [1.807, 2.05) is 12.1 Å². The first kappa shape index (κ1) is 16.3. The first-order valence-electron chi connectivity index (χ1n) is 8.08. The first-order chi connectivity index (χ1) is 12.0. The van der Waals surface area contributed by atoms with Crippen LogP contribution in [0.1, 0.15) is 35.2 Å². The Morgan fingerprint density at radius 2 is 2.08 bits per heavy atom. The predicted molar refractivity (Wildman–Crippen MR) is 94.6 cm³/mol. The molecule has 0 amide bonds. The number of methoxy groups -OCH3 is 1. The van der Waals surface area contributed by atoms with E-state index >= 15 is 0 Å². The van der Waals surface area contributed by atoms with Crippen molar-refractivity contribution in [2.75, 3.05) is 18.4 Å². The summed E-state index contributed by atoms with van der Waals surface area (Å²) in [5, 5.41) is 0. The number of carbonyl (C=O) groups excluding carboxylic acids is 1. The third kappa shape index (κ3) is 2.84. The van der Waals surface area contributed by atoms with Gasteiger partial charge in [0.15, 0.2) is 0 Å². The average molecular weight is 359 g/mol. The van der Waals surface area contributed by atoms with Gasteiger partial charge in [-0.05, 0) is 60.2 Å². The highest BCUT2D eigenvalue weighted by molar-refractivity contribution is 8.00. The second-order valence-electron chi connectivity index (χ2n) is 6.76. The number of fused-ring (bicyclic) bond motifs is 3. The molecule has 0 aromatic heterocycles. The Balaban J connectivity index is 1.65. The molecule has 2 aromatic carbocycles. The molecule has 0 bridgehead atoms. The third-order valence-corrected chi connectivity index (χ3v) is 5.77. The number of anilines is 1. The fourth-order valence-electron chi connectivity index (χ4n) is 3.32. The molecule has 130 valence electrons. The molecule has 0 spiro atoms. The van der Waals surface area contributed by atoms with Crippen molar-refractivity contribution < 1.29 is 18.7 Å². The molecule has 0 radical (unpaired) electrons. The normalized spacial score (nSPS) is 23.1. The lowest BCUT2D eigenvalue weighted by molar-refractivity contribution is 0.0594. The van der Waals surface area contributed by atoms with Crippen LogP contribution in [0.5, 0.6) is 5.75 Å². The Morgan fingerprint density at radius 1 is 1.32 bits per heavy atom. The lowest BCUT2D eigenvalue weighted by Gasteiger charge is -2.25. The van der Waals surface area contributed by atoms with E-state index in [1.54, 1.807) is 12.1 Å². The van der Waals surface area contributed by atoms with Crippen LogP contribution in [0.2, 0.25) is 0 Å². The lowest BCUT2D eigenvalue weighted by Crippen LogP contribution is -2.20. The topological polar surface area (TPSA) is 47.6 Å². The van der Waals surface area contributed by atoms with Crippen molar-refractivity contribution in [3.05, 3.63) is 53.3 Å². The van der Waals surface area contributed by atoms with Crippen LogP contribution in [-0.2, 0) is 4.74 Å².